The zero-order chi connectivity index (χ0) is 18.6. The monoisotopic (exact) mass is 387 g/mol. The van der Waals surface area contributed by atoms with Crippen LogP contribution in [0.3, 0.4) is 0 Å². The number of hydrogen-bond donors (Lipinski definition) is 2. The van der Waals surface area contributed by atoms with Gasteiger partial charge < -0.3 is 14.4 Å². The van der Waals surface area contributed by atoms with Gasteiger partial charge in [0.15, 0.2) is 5.13 Å². The lowest BCUT2D eigenvalue weighted by atomic mass is 10.2. The fourth-order valence-electron chi connectivity index (χ4n) is 2.98. The molecule has 4 heterocycles. The summed E-state index contributed by atoms with van der Waals surface area (Å²) in [4.78, 5) is 16.8. The van der Waals surface area contributed by atoms with E-state index in [-0.39, 0.29) is 0 Å². The van der Waals surface area contributed by atoms with Crippen LogP contribution in [0, 0.1) is 0 Å². The highest BCUT2D eigenvalue weighted by Gasteiger charge is 2.25. The summed E-state index contributed by atoms with van der Waals surface area (Å²) in [5, 5.41) is 11.3. The third-order valence-corrected chi connectivity index (χ3v) is 5.29. The van der Waals surface area contributed by atoms with Crippen LogP contribution < -0.4 is 15.0 Å². The van der Waals surface area contributed by atoms with E-state index < -0.39 is 0 Å². The van der Waals surface area contributed by atoms with E-state index in [1.54, 1.807) is 30.7 Å². The Labute approximate surface area is 160 Å². The van der Waals surface area contributed by atoms with Crippen LogP contribution in [0.4, 0.5) is 16.9 Å². The molecule has 10 heteroatoms. The van der Waals surface area contributed by atoms with E-state index in [0.29, 0.717) is 18.4 Å². The maximum Gasteiger partial charge on any atom is 0.232 e. The number of nitrogens with zero attached hydrogens (tertiary/aromatic N) is 5. The molecule has 0 bridgehead atoms. The third kappa shape index (κ3) is 3.71. The number of methoxy groups -OCH3 is 1. The summed E-state index contributed by atoms with van der Waals surface area (Å²) in [6, 6.07) is 1.71. The topological polar surface area (TPSA) is 101 Å². The summed E-state index contributed by atoms with van der Waals surface area (Å²) in [5.41, 5.74) is 1.96. The Hall–Kier alpha value is -2.72. The Balaban J connectivity index is 1.58. The number of aromatic amines is 1. The predicted molar refractivity (Wildman–Crippen MR) is 104 cm³/mol. The molecular weight excluding hydrogens is 366 g/mol. The van der Waals surface area contributed by atoms with Gasteiger partial charge in [0.05, 0.1) is 31.2 Å². The predicted octanol–water partition coefficient (Wildman–Crippen LogP) is 2.47. The minimum atomic E-state index is 0.462. The molecule has 27 heavy (non-hydrogen) atoms. The maximum atomic E-state index is 5.51. The lowest BCUT2D eigenvalue weighted by Gasteiger charge is -2.21. The highest BCUT2D eigenvalue weighted by Crippen LogP contribution is 2.39. The highest BCUT2D eigenvalue weighted by molar-refractivity contribution is 7.16. The van der Waals surface area contributed by atoms with Crippen molar-refractivity contribution in [1.82, 2.24) is 25.1 Å². The van der Waals surface area contributed by atoms with Gasteiger partial charge in [0.25, 0.3) is 0 Å². The van der Waals surface area contributed by atoms with Crippen LogP contribution in [0.1, 0.15) is 11.8 Å². The van der Waals surface area contributed by atoms with Crippen molar-refractivity contribution in [1.29, 1.82) is 0 Å². The summed E-state index contributed by atoms with van der Waals surface area (Å²) < 4.78 is 10.7. The number of rotatable bonds is 7. The molecule has 0 aromatic carbocycles. The summed E-state index contributed by atoms with van der Waals surface area (Å²) in [7, 11) is 1.58. The van der Waals surface area contributed by atoms with Crippen molar-refractivity contribution < 1.29 is 9.47 Å². The number of anilines is 3. The van der Waals surface area contributed by atoms with Crippen LogP contribution in [0.2, 0.25) is 0 Å². The first-order valence-electron chi connectivity index (χ1n) is 8.78. The normalized spacial score (nSPS) is 13.0. The molecular formula is C17H21N7O2S. The van der Waals surface area contributed by atoms with Crippen molar-refractivity contribution in [3.05, 3.63) is 23.3 Å². The van der Waals surface area contributed by atoms with Gasteiger partial charge in [0, 0.05) is 43.3 Å². The molecule has 3 aromatic heterocycles. The van der Waals surface area contributed by atoms with Gasteiger partial charge in [0.2, 0.25) is 11.8 Å². The summed E-state index contributed by atoms with van der Waals surface area (Å²) in [6.45, 7) is 5.12. The van der Waals surface area contributed by atoms with E-state index in [1.807, 2.05) is 13.1 Å². The Morgan fingerprint density at radius 3 is 3.15 bits per heavy atom. The molecule has 0 atom stereocenters. The average Bonchev–Trinajstić information content (AvgIpc) is 3.29. The van der Waals surface area contributed by atoms with Gasteiger partial charge in [-0.25, -0.2) is 9.97 Å². The first-order valence-corrected chi connectivity index (χ1v) is 9.60. The molecule has 0 saturated carbocycles. The van der Waals surface area contributed by atoms with E-state index in [1.165, 1.54) is 4.88 Å². The molecule has 0 fully saturated rings. The Kier molecular flexibility index (Phi) is 5.16. The lowest BCUT2D eigenvalue weighted by Crippen LogP contribution is -2.29. The standard InChI is InChI=1S/C17H21N7O2S/c1-3-26-9-8-24-7-5-12-14(11-10-19-23-15(11)24)21-17(27-12)22-16-18-6-4-13(20-16)25-2/h4,6,10H,3,5,7-9H2,1-2H3,(H,19,23)(H,18,20,21,22). The molecule has 3 aromatic rings. The van der Waals surface area contributed by atoms with E-state index in [0.717, 1.165) is 48.3 Å². The molecule has 2 N–H and O–H groups in total. The van der Waals surface area contributed by atoms with Crippen LogP contribution in [0.15, 0.2) is 18.5 Å². The van der Waals surface area contributed by atoms with Crippen molar-refractivity contribution in [3.63, 3.8) is 0 Å². The molecule has 0 radical (unpaired) electrons. The second-order valence-corrected chi connectivity index (χ2v) is 6.99. The largest absolute Gasteiger partial charge is 0.481 e. The van der Waals surface area contributed by atoms with E-state index >= 15 is 0 Å². The Morgan fingerprint density at radius 2 is 2.30 bits per heavy atom. The quantitative estimate of drug-likeness (QED) is 0.596. The molecule has 9 nitrogen and oxygen atoms in total. The number of nitrogens with one attached hydrogen (secondary N) is 2. The zero-order valence-corrected chi connectivity index (χ0v) is 16.0. The van der Waals surface area contributed by atoms with Gasteiger partial charge >= 0.3 is 0 Å². The number of fused-ring (bicyclic) bond motifs is 3. The number of hydrogen-bond acceptors (Lipinski definition) is 9. The number of ether oxygens (including phenoxy) is 2. The molecule has 0 amide bonds. The third-order valence-electron chi connectivity index (χ3n) is 4.26. The lowest BCUT2D eigenvalue weighted by molar-refractivity contribution is 0.154. The summed E-state index contributed by atoms with van der Waals surface area (Å²) in [6.07, 6.45) is 4.39. The summed E-state index contributed by atoms with van der Waals surface area (Å²) >= 11 is 1.61. The maximum absolute atomic E-state index is 5.51. The van der Waals surface area contributed by atoms with Crippen LogP contribution in [0.5, 0.6) is 5.88 Å². The molecule has 0 aliphatic carbocycles. The van der Waals surface area contributed by atoms with Crippen LogP contribution >= 0.6 is 11.3 Å². The molecule has 0 unspecified atom stereocenters. The van der Waals surface area contributed by atoms with Crippen LogP contribution in [-0.2, 0) is 11.2 Å². The van der Waals surface area contributed by atoms with Gasteiger partial charge in [-0.15, -0.1) is 11.3 Å². The average molecular weight is 387 g/mol. The van der Waals surface area contributed by atoms with Crippen LogP contribution in [0.25, 0.3) is 11.3 Å². The Morgan fingerprint density at radius 1 is 1.37 bits per heavy atom. The Bertz CT molecular complexity index is 910. The van der Waals surface area contributed by atoms with Gasteiger partial charge in [-0.2, -0.15) is 10.1 Å². The molecule has 142 valence electrons. The minimum Gasteiger partial charge on any atom is -0.481 e. The fraction of sp³-hybridized carbons (Fsp3) is 0.412. The smallest absolute Gasteiger partial charge is 0.232 e. The molecule has 4 rings (SSSR count). The first kappa shape index (κ1) is 17.7. The molecule has 0 saturated heterocycles. The van der Waals surface area contributed by atoms with Gasteiger partial charge in [-0.1, -0.05) is 0 Å². The number of thiazole rings is 1. The fourth-order valence-corrected chi connectivity index (χ4v) is 3.94. The van der Waals surface area contributed by atoms with Crippen molar-refractivity contribution in [3.8, 4) is 17.1 Å². The van der Waals surface area contributed by atoms with E-state index in [4.69, 9.17) is 14.5 Å². The number of aromatic nitrogens is 5. The van der Waals surface area contributed by atoms with Gasteiger partial charge in [-0.05, 0) is 6.92 Å². The highest BCUT2D eigenvalue weighted by atomic mass is 32.1. The van der Waals surface area contributed by atoms with Crippen LogP contribution in [-0.4, -0.2) is 58.6 Å². The first-order chi connectivity index (χ1) is 13.3. The van der Waals surface area contributed by atoms with Gasteiger partial charge in [0.1, 0.15) is 5.82 Å². The van der Waals surface area contributed by atoms with Crippen molar-refractivity contribution >= 4 is 28.2 Å². The summed E-state index contributed by atoms with van der Waals surface area (Å²) in [5.74, 6) is 1.96. The molecule has 1 aliphatic heterocycles. The number of H-pyrrole nitrogens is 1. The van der Waals surface area contributed by atoms with E-state index in [2.05, 4.69) is 30.4 Å². The zero-order valence-electron chi connectivity index (χ0n) is 15.2. The van der Waals surface area contributed by atoms with Crippen molar-refractivity contribution in [2.75, 3.05) is 43.6 Å². The second kappa shape index (κ2) is 7.89. The molecule has 0 spiro atoms. The van der Waals surface area contributed by atoms with Gasteiger partial charge in [-0.3, -0.25) is 10.4 Å². The van der Waals surface area contributed by atoms with Crippen molar-refractivity contribution in [2.24, 2.45) is 0 Å². The SMILES string of the molecule is CCOCCN1CCc2sc(Nc3nccc(OC)n3)nc2-c2cn[nH]c21. The van der Waals surface area contributed by atoms with E-state index in [9.17, 15) is 0 Å². The molecule has 1 aliphatic rings. The second-order valence-electron chi connectivity index (χ2n) is 5.90. The van der Waals surface area contributed by atoms with Crippen molar-refractivity contribution in [2.45, 2.75) is 13.3 Å². The minimum absolute atomic E-state index is 0.462.